The fraction of sp³-hybridized carbons (Fsp3) is 1.00. The Morgan fingerprint density at radius 2 is 2.12 bits per heavy atom. The Morgan fingerprint density at radius 1 is 1.31 bits per heavy atom. The van der Waals surface area contributed by atoms with Crippen LogP contribution in [0.2, 0.25) is 0 Å². The molecule has 0 amide bonds. The van der Waals surface area contributed by atoms with Crippen LogP contribution < -0.4 is 0 Å². The summed E-state index contributed by atoms with van der Waals surface area (Å²) in [6, 6.07) is 1.66. The van der Waals surface area contributed by atoms with Gasteiger partial charge in [-0.05, 0) is 45.4 Å². The first-order chi connectivity index (χ1) is 7.72. The molecule has 16 heavy (non-hydrogen) atoms. The maximum Gasteiger partial charge on any atom is 0.0285 e. The predicted molar refractivity (Wildman–Crippen MR) is 71.1 cm³/mol. The van der Waals surface area contributed by atoms with Gasteiger partial charge < -0.3 is 0 Å². The second-order valence-electron chi connectivity index (χ2n) is 5.96. The van der Waals surface area contributed by atoms with E-state index in [1.807, 2.05) is 0 Å². The molecule has 1 saturated carbocycles. The zero-order valence-electron chi connectivity index (χ0n) is 10.6. The highest BCUT2D eigenvalue weighted by molar-refractivity contribution is 8.00. The van der Waals surface area contributed by atoms with E-state index in [1.165, 1.54) is 51.9 Å². The van der Waals surface area contributed by atoms with Crippen molar-refractivity contribution in [3.8, 4) is 0 Å². The molecule has 92 valence electrons. The fourth-order valence-corrected chi connectivity index (χ4v) is 4.21. The van der Waals surface area contributed by atoms with Crippen LogP contribution in [-0.2, 0) is 0 Å². The molecule has 2 saturated heterocycles. The van der Waals surface area contributed by atoms with Gasteiger partial charge in [0, 0.05) is 36.5 Å². The molecule has 0 bridgehead atoms. The van der Waals surface area contributed by atoms with Gasteiger partial charge in [0.2, 0.25) is 0 Å². The minimum Gasteiger partial charge on any atom is -0.298 e. The monoisotopic (exact) mass is 240 g/mol. The minimum atomic E-state index is 0.648. The van der Waals surface area contributed by atoms with Crippen LogP contribution in [0.25, 0.3) is 0 Å². The summed E-state index contributed by atoms with van der Waals surface area (Å²) in [6.07, 6.45) is 8.06. The van der Waals surface area contributed by atoms with Crippen molar-refractivity contribution in [2.45, 2.75) is 49.4 Å². The van der Waals surface area contributed by atoms with Crippen LogP contribution in [0.1, 0.15) is 32.6 Å². The van der Waals surface area contributed by atoms with Gasteiger partial charge in [0.1, 0.15) is 0 Å². The number of nitrogens with zero attached hydrogens (tertiary/aromatic N) is 2. The zero-order valence-corrected chi connectivity index (χ0v) is 11.4. The first-order valence-corrected chi connectivity index (χ1v) is 7.98. The van der Waals surface area contributed by atoms with E-state index >= 15 is 0 Å². The average molecular weight is 240 g/mol. The van der Waals surface area contributed by atoms with Crippen molar-refractivity contribution in [2.75, 3.05) is 32.4 Å². The van der Waals surface area contributed by atoms with Crippen LogP contribution in [0.15, 0.2) is 0 Å². The summed E-state index contributed by atoms with van der Waals surface area (Å²) in [5.74, 6) is 0. The van der Waals surface area contributed by atoms with E-state index < -0.39 is 0 Å². The number of piperazine rings is 1. The summed E-state index contributed by atoms with van der Waals surface area (Å²) in [6.45, 7) is 7.78. The van der Waals surface area contributed by atoms with Crippen LogP contribution in [0, 0.1) is 0 Å². The Bertz CT molecular complexity index is 265. The maximum atomic E-state index is 2.77. The van der Waals surface area contributed by atoms with Gasteiger partial charge in [0.05, 0.1) is 0 Å². The van der Waals surface area contributed by atoms with Crippen molar-refractivity contribution in [1.29, 1.82) is 0 Å². The molecule has 0 spiro atoms. The summed E-state index contributed by atoms with van der Waals surface area (Å²) in [5.41, 5.74) is 0. The molecule has 3 heteroatoms. The van der Waals surface area contributed by atoms with E-state index in [0.29, 0.717) is 4.75 Å². The van der Waals surface area contributed by atoms with Crippen LogP contribution in [-0.4, -0.2) is 59.1 Å². The van der Waals surface area contributed by atoms with Gasteiger partial charge in [0.15, 0.2) is 0 Å². The van der Waals surface area contributed by atoms with Gasteiger partial charge in [-0.2, -0.15) is 11.8 Å². The quantitative estimate of drug-likeness (QED) is 0.745. The second-order valence-corrected chi connectivity index (χ2v) is 7.23. The highest BCUT2D eigenvalue weighted by Gasteiger charge is 2.45. The molecule has 2 nitrogen and oxygen atoms in total. The second kappa shape index (κ2) is 4.18. The van der Waals surface area contributed by atoms with Crippen molar-refractivity contribution >= 4 is 11.8 Å². The first kappa shape index (κ1) is 11.4. The molecule has 3 aliphatic rings. The van der Waals surface area contributed by atoms with Gasteiger partial charge in [0.25, 0.3) is 0 Å². The molecular weight excluding hydrogens is 216 g/mol. The molecule has 0 N–H and O–H groups in total. The number of hydrogen-bond acceptors (Lipinski definition) is 3. The summed E-state index contributed by atoms with van der Waals surface area (Å²) in [7, 11) is 0. The van der Waals surface area contributed by atoms with Crippen molar-refractivity contribution < 1.29 is 0 Å². The van der Waals surface area contributed by atoms with E-state index in [4.69, 9.17) is 0 Å². The number of thioether (sulfide) groups is 1. The van der Waals surface area contributed by atoms with Crippen LogP contribution in [0.5, 0.6) is 0 Å². The van der Waals surface area contributed by atoms with Gasteiger partial charge in [-0.3, -0.25) is 9.80 Å². The molecule has 3 rings (SSSR count). The van der Waals surface area contributed by atoms with Crippen LogP contribution in [0.4, 0.5) is 0 Å². The summed E-state index contributed by atoms with van der Waals surface area (Å²) in [5, 5.41) is 0. The normalized spacial score (nSPS) is 38.6. The van der Waals surface area contributed by atoms with Crippen molar-refractivity contribution in [2.24, 2.45) is 0 Å². The summed E-state index contributed by atoms with van der Waals surface area (Å²) in [4.78, 5) is 5.50. The largest absolute Gasteiger partial charge is 0.298 e. The lowest BCUT2D eigenvalue weighted by molar-refractivity contribution is 0.0587. The molecule has 2 heterocycles. The number of hydrogen-bond donors (Lipinski definition) is 0. The van der Waals surface area contributed by atoms with Gasteiger partial charge >= 0.3 is 0 Å². The minimum absolute atomic E-state index is 0.648. The molecule has 2 atom stereocenters. The Balaban J connectivity index is 1.62. The number of fused-ring (bicyclic) bond motifs is 1. The van der Waals surface area contributed by atoms with Crippen molar-refractivity contribution in [3.05, 3.63) is 0 Å². The van der Waals surface area contributed by atoms with E-state index in [9.17, 15) is 0 Å². The van der Waals surface area contributed by atoms with Crippen LogP contribution in [0.3, 0.4) is 0 Å². The average Bonchev–Trinajstić information content (AvgIpc) is 2.91. The topological polar surface area (TPSA) is 6.48 Å². The molecule has 2 aliphatic heterocycles. The maximum absolute atomic E-state index is 2.77. The van der Waals surface area contributed by atoms with Crippen LogP contribution >= 0.6 is 11.8 Å². The lowest BCUT2D eigenvalue weighted by Gasteiger charge is -2.43. The summed E-state index contributed by atoms with van der Waals surface area (Å²) < 4.78 is 0.648. The molecule has 0 aromatic heterocycles. The highest BCUT2D eigenvalue weighted by Crippen LogP contribution is 2.48. The van der Waals surface area contributed by atoms with Gasteiger partial charge in [-0.1, -0.05) is 0 Å². The number of rotatable bonds is 3. The molecule has 3 fully saturated rings. The standard InChI is InChI=1S/C13H24N2S/c1-11-8-14-7-3-4-12(14)9-15(11)10-13(16-2)5-6-13/h11-12H,3-10H2,1-2H3. The Kier molecular flexibility index (Phi) is 2.97. The third kappa shape index (κ3) is 2.02. The van der Waals surface area contributed by atoms with E-state index in [0.717, 1.165) is 12.1 Å². The molecule has 0 radical (unpaired) electrons. The smallest absolute Gasteiger partial charge is 0.0285 e. The first-order valence-electron chi connectivity index (χ1n) is 6.76. The molecule has 2 unspecified atom stereocenters. The van der Waals surface area contributed by atoms with Gasteiger partial charge in [-0.25, -0.2) is 0 Å². The van der Waals surface area contributed by atoms with Crippen molar-refractivity contribution in [1.82, 2.24) is 9.80 Å². The lowest BCUT2D eigenvalue weighted by atomic mass is 10.1. The summed E-state index contributed by atoms with van der Waals surface area (Å²) >= 11 is 2.10. The molecular formula is C13H24N2S. The van der Waals surface area contributed by atoms with E-state index in [1.54, 1.807) is 0 Å². The van der Waals surface area contributed by atoms with Crippen molar-refractivity contribution in [3.63, 3.8) is 0 Å². The Hall–Kier alpha value is 0.270. The molecule has 0 aromatic carbocycles. The zero-order chi connectivity index (χ0) is 11.2. The van der Waals surface area contributed by atoms with E-state index in [-0.39, 0.29) is 0 Å². The lowest BCUT2D eigenvalue weighted by Crippen LogP contribution is -2.56. The SMILES string of the molecule is CSC1(CN2CC3CCCN3CC2C)CC1. The third-order valence-electron chi connectivity index (χ3n) is 4.80. The van der Waals surface area contributed by atoms with E-state index in [2.05, 4.69) is 34.7 Å². The van der Waals surface area contributed by atoms with Gasteiger partial charge in [-0.15, -0.1) is 0 Å². The Morgan fingerprint density at radius 3 is 2.81 bits per heavy atom. The third-order valence-corrected chi connectivity index (χ3v) is 6.20. The fourth-order valence-electron chi connectivity index (χ4n) is 3.40. The Labute approximate surface area is 104 Å². The highest BCUT2D eigenvalue weighted by atomic mass is 32.2. The molecule has 1 aliphatic carbocycles. The molecule has 0 aromatic rings. The predicted octanol–water partition coefficient (Wildman–Crippen LogP) is 2.05.